The predicted molar refractivity (Wildman–Crippen MR) is 75.1 cm³/mol. The normalized spacial score (nSPS) is 11.2. The second-order valence-electron chi connectivity index (χ2n) is 4.21. The minimum atomic E-state index is -0.379. The van der Waals surface area contributed by atoms with E-state index in [1.165, 1.54) is 5.56 Å². The van der Waals surface area contributed by atoms with E-state index in [2.05, 4.69) is 15.0 Å². The van der Waals surface area contributed by atoms with E-state index in [9.17, 15) is 4.79 Å². The lowest BCUT2D eigenvalue weighted by atomic mass is 10.3. The highest BCUT2D eigenvalue weighted by molar-refractivity contribution is 7.10. The molecule has 3 aromatic rings. The van der Waals surface area contributed by atoms with Gasteiger partial charge in [-0.2, -0.15) is 4.98 Å². The fourth-order valence-corrected chi connectivity index (χ4v) is 2.80. The summed E-state index contributed by atoms with van der Waals surface area (Å²) in [5, 5.41) is 2.01. The molecule has 3 rings (SSSR count). The summed E-state index contributed by atoms with van der Waals surface area (Å²) in [4.78, 5) is 23.4. The Hall–Kier alpha value is -2.35. The van der Waals surface area contributed by atoms with Crippen LogP contribution in [0.4, 0.5) is 11.9 Å². The molecule has 0 saturated carbocycles. The monoisotopic (exact) mass is 276 g/mol. The first-order valence-electron chi connectivity index (χ1n) is 5.60. The number of nitrogens with zero attached hydrogens (tertiary/aromatic N) is 3. The third-order valence-electron chi connectivity index (χ3n) is 2.92. The van der Waals surface area contributed by atoms with E-state index >= 15 is 0 Å². The maximum absolute atomic E-state index is 11.7. The summed E-state index contributed by atoms with van der Waals surface area (Å²) in [6, 6.07) is 2.03. The second kappa shape index (κ2) is 4.09. The maximum atomic E-state index is 11.7. The molecule has 0 aliphatic carbocycles. The molecule has 0 saturated heterocycles. The summed E-state index contributed by atoms with van der Waals surface area (Å²) in [6.45, 7) is 2.55. The molecule has 98 valence electrons. The van der Waals surface area contributed by atoms with E-state index in [-0.39, 0.29) is 23.0 Å². The first-order valence-corrected chi connectivity index (χ1v) is 6.48. The van der Waals surface area contributed by atoms with Crippen molar-refractivity contribution in [3.05, 3.63) is 32.2 Å². The molecule has 8 heteroatoms. The van der Waals surface area contributed by atoms with Crippen LogP contribution in [0, 0.1) is 6.92 Å². The number of nitrogens with one attached hydrogen (secondary N) is 1. The zero-order valence-corrected chi connectivity index (χ0v) is 11.0. The molecule has 7 nitrogen and oxygen atoms in total. The molecule has 0 aromatic carbocycles. The summed E-state index contributed by atoms with van der Waals surface area (Å²) in [5.74, 6) is 0.313. The van der Waals surface area contributed by atoms with Crippen molar-refractivity contribution in [1.29, 1.82) is 0 Å². The molecule has 0 aliphatic rings. The molecule has 5 N–H and O–H groups in total. The lowest BCUT2D eigenvalue weighted by Crippen LogP contribution is -2.12. The van der Waals surface area contributed by atoms with Gasteiger partial charge in [-0.3, -0.25) is 14.3 Å². The van der Waals surface area contributed by atoms with Crippen molar-refractivity contribution in [2.75, 3.05) is 11.5 Å². The number of aromatic amines is 1. The number of aromatic nitrogens is 4. The summed E-state index contributed by atoms with van der Waals surface area (Å²) < 4.78 is 1.69. The fourth-order valence-electron chi connectivity index (χ4n) is 1.91. The molecule has 0 fully saturated rings. The standard InChI is InChI=1S/C11H12N6OS/c1-5-2-3-19-6(5)4-17-8-7(14-11(17)13)9(18)16-10(12)15-8/h2-3H,4H2,1H3,(H2,13,14)(H3,12,15,16,18). The topological polar surface area (TPSA) is 116 Å². The van der Waals surface area contributed by atoms with Crippen LogP contribution in [0.3, 0.4) is 0 Å². The molecule has 3 heterocycles. The number of H-pyrrole nitrogens is 1. The van der Waals surface area contributed by atoms with Crippen molar-refractivity contribution >= 4 is 34.4 Å². The number of fused-ring (bicyclic) bond motifs is 1. The molecule has 0 atom stereocenters. The number of nitrogens with two attached hydrogens (primary N) is 2. The van der Waals surface area contributed by atoms with Gasteiger partial charge >= 0.3 is 0 Å². The molecule has 0 aliphatic heterocycles. The number of imidazole rings is 1. The highest BCUT2D eigenvalue weighted by atomic mass is 32.1. The first kappa shape index (κ1) is 11.7. The lowest BCUT2D eigenvalue weighted by molar-refractivity contribution is 0.836. The van der Waals surface area contributed by atoms with Gasteiger partial charge in [0, 0.05) is 4.88 Å². The molecule has 0 amide bonds. The number of nitrogen functional groups attached to an aromatic ring is 2. The number of hydrogen-bond donors (Lipinski definition) is 3. The number of hydrogen-bond acceptors (Lipinski definition) is 6. The van der Waals surface area contributed by atoms with E-state index < -0.39 is 0 Å². The van der Waals surface area contributed by atoms with Crippen LogP contribution in [0.15, 0.2) is 16.2 Å². The Balaban J connectivity index is 2.21. The zero-order chi connectivity index (χ0) is 13.6. The minimum absolute atomic E-state index is 0.0570. The Labute approximate surface area is 111 Å². The van der Waals surface area contributed by atoms with Crippen LogP contribution in [0.25, 0.3) is 11.2 Å². The smallest absolute Gasteiger partial charge is 0.280 e. The largest absolute Gasteiger partial charge is 0.369 e. The lowest BCUT2D eigenvalue weighted by Gasteiger charge is -2.05. The van der Waals surface area contributed by atoms with Crippen molar-refractivity contribution in [2.45, 2.75) is 13.5 Å². The molecule has 19 heavy (non-hydrogen) atoms. The summed E-state index contributed by atoms with van der Waals surface area (Å²) >= 11 is 1.62. The molecule has 0 unspecified atom stereocenters. The third-order valence-corrected chi connectivity index (χ3v) is 3.93. The van der Waals surface area contributed by atoms with E-state index in [0.29, 0.717) is 12.2 Å². The number of anilines is 2. The molecule has 0 radical (unpaired) electrons. The van der Waals surface area contributed by atoms with E-state index in [4.69, 9.17) is 11.5 Å². The quantitative estimate of drug-likeness (QED) is 0.637. The van der Waals surface area contributed by atoms with E-state index in [1.54, 1.807) is 15.9 Å². The van der Waals surface area contributed by atoms with Crippen LogP contribution < -0.4 is 17.0 Å². The second-order valence-corrected chi connectivity index (χ2v) is 5.21. The Kier molecular flexibility index (Phi) is 2.53. The van der Waals surface area contributed by atoms with Crippen LogP contribution in [-0.4, -0.2) is 19.5 Å². The fraction of sp³-hybridized carbons (Fsp3) is 0.182. The molecule has 0 spiro atoms. The minimum Gasteiger partial charge on any atom is -0.369 e. The predicted octanol–water partition coefficient (Wildman–Crippen LogP) is 0.702. The summed E-state index contributed by atoms with van der Waals surface area (Å²) in [7, 11) is 0. The first-order chi connectivity index (χ1) is 9.06. The van der Waals surface area contributed by atoms with Gasteiger partial charge in [0.1, 0.15) is 0 Å². The van der Waals surface area contributed by atoms with Crippen molar-refractivity contribution in [2.24, 2.45) is 0 Å². The molecular weight excluding hydrogens is 264 g/mol. The van der Waals surface area contributed by atoms with Crippen LogP contribution in [-0.2, 0) is 6.54 Å². The maximum Gasteiger partial charge on any atom is 0.280 e. The van der Waals surface area contributed by atoms with Crippen LogP contribution >= 0.6 is 11.3 Å². The molecule has 0 bridgehead atoms. The highest BCUT2D eigenvalue weighted by Crippen LogP contribution is 2.21. The highest BCUT2D eigenvalue weighted by Gasteiger charge is 2.14. The van der Waals surface area contributed by atoms with Gasteiger partial charge in [-0.1, -0.05) is 0 Å². The van der Waals surface area contributed by atoms with Gasteiger partial charge in [0.25, 0.3) is 5.56 Å². The van der Waals surface area contributed by atoms with Gasteiger partial charge < -0.3 is 11.5 Å². The van der Waals surface area contributed by atoms with Crippen molar-refractivity contribution in [1.82, 2.24) is 19.5 Å². The van der Waals surface area contributed by atoms with Crippen LogP contribution in [0.1, 0.15) is 10.4 Å². The van der Waals surface area contributed by atoms with E-state index in [0.717, 1.165) is 4.88 Å². The summed E-state index contributed by atoms with van der Waals surface area (Å²) in [6.07, 6.45) is 0. The Morgan fingerprint density at radius 2 is 2.21 bits per heavy atom. The van der Waals surface area contributed by atoms with Gasteiger partial charge in [-0.25, -0.2) is 4.98 Å². The Morgan fingerprint density at radius 1 is 1.42 bits per heavy atom. The van der Waals surface area contributed by atoms with Crippen molar-refractivity contribution in [3.8, 4) is 0 Å². The summed E-state index contributed by atoms with van der Waals surface area (Å²) in [5.41, 5.74) is 12.8. The van der Waals surface area contributed by atoms with Crippen LogP contribution in [0.2, 0.25) is 0 Å². The van der Waals surface area contributed by atoms with Crippen molar-refractivity contribution in [3.63, 3.8) is 0 Å². The van der Waals surface area contributed by atoms with Crippen molar-refractivity contribution < 1.29 is 0 Å². The van der Waals surface area contributed by atoms with Gasteiger partial charge in [-0.05, 0) is 23.9 Å². The van der Waals surface area contributed by atoms with Gasteiger partial charge in [0.05, 0.1) is 6.54 Å². The average molecular weight is 276 g/mol. The van der Waals surface area contributed by atoms with E-state index in [1.807, 2.05) is 18.4 Å². The number of thiophene rings is 1. The third kappa shape index (κ3) is 1.85. The molecular formula is C11H12N6OS. The number of aryl methyl sites for hydroxylation is 1. The van der Waals surface area contributed by atoms with Gasteiger partial charge in [0.2, 0.25) is 11.9 Å². The zero-order valence-electron chi connectivity index (χ0n) is 10.2. The molecule has 3 aromatic heterocycles. The van der Waals surface area contributed by atoms with Gasteiger partial charge in [0.15, 0.2) is 11.2 Å². The SMILES string of the molecule is Cc1ccsc1Cn1c(N)nc2c(=O)[nH]c(N)nc21. The Morgan fingerprint density at radius 3 is 2.89 bits per heavy atom. The van der Waals surface area contributed by atoms with Gasteiger partial charge in [-0.15, -0.1) is 11.3 Å². The van der Waals surface area contributed by atoms with Crippen LogP contribution in [0.5, 0.6) is 0 Å². The average Bonchev–Trinajstić information content (AvgIpc) is 2.87. The Bertz CT molecular complexity index is 814. The number of rotatable bonds is 2.